The molecule has 1 unspecified atom stereocenters. The zero-order chi connectivity index (χ0) is 13.7. The lowest BCUT2D eigenvalue weighted by atomic mass is 10.2. The number of carbonyl (C=O) groups is 2. The number of benzene rings is 1. The zero-order valence-corrected chi connectivity index (χ0v) is 10.8. The van der Waals surface area contributed by atoms with Crippen LogP contribution in [-0.4, -0.2) is 37.1 Å². The molecule has 0 radical (unpaired) electrons. The van der Waals surface area contributed by atoms with Crippen molar-refractivity contribution in [2.45, 2.75) is 6.10 Å². The molecular formula is C12H13ClN2O4. The first-order valence-electron chi connectivity index (χ1n) is 5.71. The molecule has 1 atom stereocenters. The second-order valence-electron chi connectivity index (χ2n) is 3.89. The summed E-state index contributed by atoms with van der Waals surface area (Å²) in [7, 11) is 0. The smallest absolute Gasteiger partial charge is 0.321 e. The van der Waals surface area contributed by atoms with Crippen LogP contribution in [0, 0.1) is 0 Å². The number of halogens is 1. The van der Waals surface area contributed by atoms with Crippen LogP contribution >= 0.6 is 11.6 Å². The summed E-state index contributed by atoms with van der Waals surface area (Å²) < 4.78 is 11.1. The first-order valence-corrected chi connectivity index (χ1v) is 6.24. The van der Waals surface area contributed by atoms with E-state index in [1.54, 1.807) is 6.07 Å². The maximum Gasteiger partial charge on any atom is 0.321 e. The van der Waals surface area contributed by atoms with Crippen molar-refractivity contribution in [2.24, 2.45) is 0 Å². The van der Waals surface area contributed by atoms with Crippen molar-refractivity contribution < 1.29 is 19.1 Å². The molecule has 1 heterocycles. The van der Waals surface area contributed by atoms with Gasteiger partial charge in [-0.15, -0.1) is 11.6 Å². The van der Waals surface area contributed by atoms with E-state index in [0.29, 0.717) is 18.1 Å². The Hall–Kier alpha value is -1.95. The quantitative estimate of drug-likeness (QED) is 0.808. The lowest BCUT2D eigenvalue weighted by Crippen LogP contribution is -2.46. The van der Waals surface area contributed by atoms with Gasteiger partial charge in [0.1, 0.15) is 12.5 Å². The van der Waals surface area contributed by atoms with Gasteiger partial charge in [0.25, 0.3) is 0 Å². The highest BCUT2D eigenvalue weighted by Gasteiger charge is 2.21. The van der Waals surface area contributed by atoms with Crippen LogP contribution in [0.5, 0.6) is 11.5 Å². The number of hydrogen-bond acceptors (Lipinski definition) is 4. The van der Waals surface area contributed by atoms with E-state index in [0.717, 1.165) is 0 Å². The van der Waals surface area contributed by atoms with Crippen molar-refractivity contribution in [3.05, 3.63) is 24.3 Å². The maximum absolute atomic E-state index is 11.3. The fourth-order valence-electron chi connectivity index (χ4n) is 1.57. The van der Waals surface area contributed by atoms with Crippen molar-refractivity contribution in [2.75, 3.05) is 19.0 Å². The number of para-hydroxylation sites is 2. The minimum Gasteiger partial charge on any atom is -0.486 e. The number of nitrogens with one attached hydrogen (secondary N) is 2. The average molecular weight is 285 g/mol. The average Bonchev–Trinajstić information content (AvgIpc) is 2.44. The highest BCUT2D eigenvalue weighted by atomic mass is 35.5. The molecule has 3 amide bonds. The number of ether oxygens (including phenoxy) is 2. The number of alkyl halides is 1. The van der Waals surface area contributed by atoms with Gasteiger partial charge in [-0.2, -0.15) is 0 Å². The minimum absolute atomic E-state index is 0.232. The van der Waals surface area contributed by atoms with Gasteiger partial charge in [-0.1, -0.05) is 12.1 Å². The molecule has 102 valence electrons. The first-order chi connectivity index (χ1) is 9.19. The monoisotopic (exact) mass is 284 g/mol. The van der Waals surface area contributed by atoms with Gasteiger partial charge in [-0.05, 0) is 12.1 Å². The first kappa shape index (κ1) is 13.5. The van der Waals surface area contributed by atoms with E-state index in [9.17, 15) is 9.59 Å². The second-order valence-corrected chi connectivity index (χ2v) is 4.16. The molecule has 0 bridgehead atoms. The van der Waals surface area contributed by atoms with Crippen LogP contribution in [0.15, 0.2) is 24.3 Å². The molecule has 1 aliphatic rings. The van der Waals surface area contributed by atoms with E-state index >= 15 is 0 Å². The number of urea groups is 1. The third kappa shape index (κ3) is 3.75. The minimum atomic E-state index is -0.604. The predicted octanol–water partition coefficient (Wildman–Crippen LogP) is 0.891. The molecule has 0 fully saturated rings. The Balaban J connectivity index is 1.79. The Morgan fingerprint density at radius 1 is 1.32 bits per heavy atom. The summed E-state index contributed by atoms with van der Waals surface area (Å²) in [6.45, 7) is 0.566. The Morgan fingerprint density at radius 3 is 2.79 bits per heavy atom. The topological polar surface area (TPSA) is 76.7 Å². The van der Waals surface area contributed by atoms with Gasteiger partial charge in [0.15, 0.2) is 17.6 Å². The summed E-state index contributed by atoms with van der Waals surface area (Å²) in [5, 5.41) is 4.58. The molecule has 1 aromatic rings. The Bertz CT molecular complexity index is 481. The van der Waals surface area contributed by atoms with Crippen molar-refractivity contribution in [1.29, 1.82) is 0 Å². The van der Waals surface area contributed by atoms with Crippen LogP contribution in [0.2, 0.25) is 0 Å². The van der Waals surface area contributed by atoms with Gasteiger partial charge in [-0.3, -0.25) is 10.1 Å². The Morgan fingerprint density at radius 2 is 2.05 bits per heavy atom. The molecular weight excluding hydrogens is 272 g/mol. The Labute approximate surface area is 115 Å². The summed E-state index contributed by atoms with van der Waals surface area (Å²) in [6.07, 6.45) is -0.299. The molecule has 2 rings (SSSR count). The number of rotatable bonds is 3. The van der Waals surface area contributed by atoms with Gasteiger partial charge in [0.05, 0.1) is 6.54 Å². The van der Waals surface area contributed by atoms with Crippen molar-refractivity contribution >= 4 is 23.5 Å². The maximum atomic E-state index is 11.3. The summed E-state index contributed by atoms with van der Waals surface area (Å²) >= 11 is 5.26. The fraction of sp³-hybridized carbons (Fsp3) is 0.333. The molecule has 0 saturated carbocycles. The highest BCUT2D eigenvalue weighted by Crippen LogP contribution is 2.30. The van der Waals surface area contributed by atoms with Crippen LogP contribution in [0.1, 0.15) is 0 Å². The molecule has 0 aromatic heterocycles. The van der Waals surface area contributed by atoms with Crippen molar-refractivity contribution in [3.63, 3.8) is 0 Å². The number of hydrogen-bond donors (Lipinski definition) is 2. The lowest BCUT2D eigenvalue weighted by molar-refractivity contribution is -0.117. The van der Waals surface area contributed by atoms with Crippen LogP contribution in [0.3, 0.4) is 0 Å². The van der Waals surface area contributed by atoms with Crippen molar-refractivity contribution in [1.82, 2.24) is 10.6 Å². The lowest BCUT2D eigenvalue weighted by Gasteiger charge is -2.26. The summed E-state index contributed by atoms with van der Waals surface area (Å²) in [4.78, 5) is 22.2. The van der Waals surface area contributed by atoms with Crippen LogP contribution < -0.4 is 20.1 Å². The van der Waals surface area contributed by atoms with E-state index in [1.807, 2.05) is 18.2 Å². The number of carbonyl (C=O) groups excluding carboxylic acids is 2. The standard InChI is InChI=1S/C12H13ClN2O4/c13-5-11(16)15-12(17)14-6-8-7-18-9-3-1-2-4-10(9)19-8/h1-4,8H,5-7H2,(H2,14,15,16,17). The summed E-state index contributed by atoms with van der Waals surface area (Å²) in [5.41, 5.74) is 0. The predicted molar refractivity (Wildman–Crippen MR) is 68.6 cm³/mol. The normalized spacial score (nSPS) is 16.6. The summed E-state index contributed by atoms with van der Waals surface area (Å²) in [6, 6.07) is 6.69. The second kappa shape index (κ2) is 6.29. The van der Waals surface area contributed by atoms with E-state index in [1.165, 1.54) is 0 Å². The van der Waals surface area contributed by atoms with Gasteiger partial charge in [0, 0.05) is 0 Å². The van der Waals surface area contributed by atoms with Crippen LogP contribution in [-0.2, 0) is 4.79 Å². The van der Waals surface area contributed by atoms with E-state index in [-0.39, 0.29) is 18.5 Å². The summed E-state index contributed by atoms with van der Waals surface area (Å²) in [5.74, 6) is 0.507. The largest absolute Gasteiger partial charge is 0.486 e. The van der Waals surface area contributed by atoms with E-state index in [4.69, 9.17) is 21.1 Å². The number of fused-ring (bicyclic) bond motifs is 1. The molecule has 19 heavy (non-hydrogen) atoms. The fourth-order valence-corrected chi connectivity index (χ4v) is 1.64. The SMILES string of the molecule is O=C(CCl)NC(=O)NCC1COc2ccccc2O1. The van der Waals surface area contributed by atoms with Gasteiger partial charge < -0.3 is 14.8 Å². The molecule has 1 aromatic carbocycles. The van der Waals surface area contributed by atoms with Crippen LogP contribution in [0.4, 0.5) is 4.79 Å². The van der Waals surface area contributed by atoms with Crippen LogP contribution in [0.25, 0.3) is 0 Å². The third-order valence-electron chi connectivity index (χ3n) is 2.43. The Kier molecular flexibility index (Phi) is 4.46. The third-order valence-corrected chi connectivity index (χ3v) is 2.67. The molecule has 0 saturated heterocycles. The molecule has 1 aliphatic heterocycles. The number of imide groups is 1. The molecule has 7 heteroatoms. The zero-order valence-electron chi connectivity index (χ0n) is 10.0. The number of amides is 3. The van der Waals surface area contributed by atoms with Crippen molar-refractivity contribution in [3.8, 4) is 11.5 Å². The van der Waals surface area contributed by atoms with Gasteiger partial charge in [-0.25, -0.2) is 4.79 Å². The van der Waals surface area contributed by atoms with Gasteiger partial charge >= 0.3 is 6.03 Å². The van der Waals surface area contributed by atoms with Gasteiger partial charge in [0.2, 0.25) is 5.91 Å². The molecule has 0 spiro atoms. The molecule has 0 aliphatic carbocycles. The highest BCUT2D eigenvalue weighted by molar-refractivity contribution is 6.28. The van der Waals surface area contributed by atoms with E-state index < -0.39 is 11.9 Å². The molecule has 2 N–H and O–H groups in total. The van der Waals surface area contributed by atoms with E-state index in [2.05, 4.69) is 10.6 Å². The molecule has 6 nitrogen and oxygen atoms in total.